The Hall–Kier alpha value is -1.32. The van der Waals surface area contributed by atoms with E-state index in [0.717, 1.165) is 0 Å². The second kappa shape index (κ2) is 5.35. The molecule has 0 atom stereocenters. The summed E-state index contributed by atoms with van der Waals surface area (Å²) < 4.78 is 77.6. The van der Waals surface area contributed by atoms with Crippen LogP contribution in [0, 0.1) is 0 Å². The third-order valence-corrected chi connectivity index (χ3v) is 2.52. The molecule has 0 aliphatic heterocycles. The number of nitrogens with zero attached hydrogens (tertiary/aromatic N) is 1. The lowest BCUT2D eigenvalue weighted by atomic mass is 10.1. The van der Waals surface area contributed by atoms with Crippen molar-refractivity contribution >= 4 is 22.2 Å². The molecule has 0 N–H and O–H groups in total. The van der Waals surface area contributed by atoms with Crippen LogP contribution in [0.5, 0.6) is 5.88 Å². The van der Waals surface area contributed by atoms with E-state index in [1.54, 1.807) is 0 Å². The number of hydrogen-bond donors (Lipinski definition) is 0. The molecule has 0 bridgehead atoms. The Labute approximate surface area is 110 Å². The molecule has 0 aromatic carbocycles. The number of ether oxygens (including phenoxy) is 1. The van der Waals surface area contributed by atoms with Gasteiger partial charge in [0, 0.05) is 11.5 Å². The zero-order chi connectivity index (χ0) is 14.8. The molecule has 0 saturated carbocycles. The van der Waals surface area contributed by atoms with Crippen molar-refractivity contribution in [2.75, 3.05) is 0 Å². The molecule has 1 heterocycles. The van der Waals surface area contributed by atoms with Crippen LogP contribution in [0.4, 0.5) is 26.3 Å². The monoisotopic (exact) mass is 351 g/mol. The van der Waals surface area contributed by atoms with Gasteiger partial charge in [-0.3, -0.25) is 4.79 Å². The summed E-state index contributed by atoms with van der Waals surface area (Å²) in [6.07, 6.45) is -10.1. The number of hydrogen-bond acceptors (Lipinski definition) is 3. The second-order valence-electron chi connectivity index (χ2n) is 3.17. The normalized spacial score (nSPS) is 12.4. The average Bonchev–Trinajstić information content (AvgIpc) is 2.25. The zero-order valence-corrected chi connectivity index (χ0v) is 10.4. The highest BCUT2D eigenvalue weighted by Gasteiger charge is 2.40. The minimum absolute atomic E-state index is 0.331. The summed E-state index contributed by atoms with van der Waals surface area (Å²) in [5.41, 5.74) is -3.26. The minimum atomic E-state index is -5.25. The van der Waals surface area contributed by atoms with E-state index in [4.69, 9.17) is 0 Å². The maximum absolute atomic E-state index is 12.8. The maximum Gasteiger partial charge on any atom is 0.574 e. The predicted octanol–water partition coefficient (Wildman–Crippen LogP) is 3.71. The average molecular weight is 352 g/mol. The van der Waals surface area contributed by atoms with Crippen LogP contribution in [0.1, 0.15) is 21.5 Å². The summed E-state index contributed by atoms with van der Waals surface area (Å²) in [4.78, 5) is 13.7. The predicted molar refractivity (Wildman–Crippen MR) is 53.9 cm³/mol. The van der Waals surface area contributed by atoms with Crippen LogP contribution >= 0.6 is 15.9 Å². The van der Waals surface area contributed by atoms with Gasteiger partial charge in [-0.1, -0.05) is 15.9 Å². The molecular formula is C9H4BrF6NO2. The molecule has 0 aliphatic rings. The third-order valence-electron chi connectivity index (χ3n) is 1.92. The Morgan fingerprint density at radius 3 is 2.21 bits per heavy atom. The van der Waals surface area contributed by atoms with E-state index in [9.17, 15) is 31.1 Å². The Kier molecular flexibility index (Phi) is 4.43. The van der Waals surface area contributed by atoms with Crippen LogP contribution in [0.3, 0.4) is 0 Å². The van der Waals surface area contributed by atoms with E-state index in [1.165, 1.54) is 0 Å². The van der Waals surface area contributed by atoms with Gasteiger partial charge in [0.2, 0.25) is 5.88 Å². The Morgan fingerprint density at radius 2 is 1.84 bits per heavy atom. The van der Waals surface area contributed by atoms with Crippen LogP contribution in [-0.2, 0) is 11.5 Å². The van der Waals surface area contributed by atoms with Crippen molar-refractivity contribution in [3.63, 3.8) is 0 Å². The molecule has 0 spiro atoms. The first-order chi connectivity index (χ1) is 8.60. The lowest BCUT2D eigenvalue weighted by Gasteiger charge is -2.16. The summed E-state index contributed by atoms with van der Waals surface area (Å²) >= 11 is 2.73. The quantitative estimate of drug-likeness (QED) is 0.473. The fourth-order valence-electron chi connectivity index (χ4n) is 1.29. The standard InChI is InChI=1S/C9H4BrF6NO2/c10-1-4-2-17-7(19-9(14,15)16)5(3-18)6(4)8(11,12)13/h2-3H,1H2. The molecule has 0 unspecified atom stereocenters. The van der Waals surface area contributed by atoms with Crippen molar-refractivity contribution in [1.82, 2.24) is 4.98 Å². The van der Waals surface area contributed by atoms with Crippen LogP contribution in [0.25, 0.3) is 0 Å². The first-order valence-corrected chi connectivity index (χ1v) is 5.58. The second-order valence-corrected chi connectivity index (χ2v) is 3.74. The molecule has 1 rings (SSSR count). The van der Waals surface area contributed by atoms with E-state index in [1.807, 2.05) is 0 Å². The number of carbonyl (C=O) groups excluding carboxylic acids is 1. The zero-order valence-electron chi connectivity index (χ0n) is 8.77. The first-order valence-electron chi connectivity index (χ1n) is 4.46. The fraction of sp³-hybridized carbons (Fsp3) is 0.333. The van der Waals surface area contributed by atoms with Crippen molar-refractivity contribution in [2.24, 2.45) is 0 Å². The highest BCUT2D eigenvalue weighted by Crippen LogP contribution is 2.38. The van der Waals surface area contributed by atoms with Crippen LogP contribution in [-0.4, -0.2) is 17.6 Å². The molecule has 0 aliphatic carbocycles. The maximum atomic E-state index is 12.8. The number of pyridine rings is 1. The molecule has 0 fully saturated rings. The first kappa shape index (κ1) is 15.7. The molecule has 0 saturated heterocycles. The molecule has 19 heavy (non-hydrogen) atoms. The van der Waals surface area contributed by atoms with Crippen molar-refractivity contribution < 1.29 is 35.9 Å². The molecule has 1 aromatic rings. The fourth-order valence-corrected chi connectivity index (χ4v) is 1.71. The number of carbonyl (C=O) groups is 1. The number of aromatic nitrogens is 1. The van der Waals surface area contributed by atoms with E-state index in [2.05, 4.69) is 25.7 Å². The van der Waals surface area contributed by atoms with Crippen LogP contribution < -0.4 is 4.74 Å². The third kappa shape index (κ3) is 3.82. The van der Waals surface area contributed by atoms with Gasteiger partial charge in [-0.25, -0.2) is 4.98 Å². The van der Waals surface area contributed by atoms with Gasteiger partial charge in [-0.05, 0) is 5.56 Å². The van der Waals surface area contributed by atoms with Gasteiger partial charge < -0.3 is 4.74 Å². The van der Waals surface area contributed by atoms with Gasteiger partial charge >= 0.3 is 12.5 Å². The Balaban J connectivity index is 3.49. The van der Waals surface area contributed by atoms with E-state index < -0.39 is 35.1 Å². The largest absolute Gasteiger partial charge is 0.574 e. The van der Waals surface area contributed by atoms with Gasteiger partial charge in [0.1, 0.15) is 0 Å². The molecule has 3 nitrogen and oxygen atoms in total. The van der Waals surface area contributed by atoms with Crippen molar-refractivity contribution in [1.29, 1.82) is 0 Å². The van der Waals surface area contributed by atoms with Crippen molar-refractivity contribution in [3.05, 3.63) is 22.9 Å². The van der Waals surface area contributed by atoms with E-state index in [-0.39, 0.29) is 11.6 Å². The number of alkyl halides is 7. The molecule has 0 radical (unpaired) electrons. The SMILES string of the molecule is O=Cc1c(OC(F)(F)F)ncc(CBr)c1C(F)(F)F. The topological polar surface area (TPSA) is 39.2 Å². The molecule has 0 amide bonds. The van der Waals surface area contributed by atoms with Gasteiger partial charge in [-0.2, -0.15) is 13.2 Å². The Morgan fingerprint density at radius 1 is 1.26 bits per heavy atom. The van der Waals surface area contributed by atoms with Crippen molar-refractivity contribution in [3.8, 4) is 5.88 Å². The molecule has 10 heteroatoms. The van der Waals surface area contributed by atoms with E-state index in [0.29, 0.717) is 6.20 Å². The van der Waals surface area contributed by atoms with Gasteiger partial charge in [0.25, 0.3) is 0 Å². The van der Waals surface area contributed by atoms with Gasteiger partial charge in [0.15, 0.2) is 6.29 Å². The summed E-state index contributed by atoms with van der Waals surface area (Å²) in [6, 6.07) is 0. The summed E-state index contributed by atoms with van der Waals surface area (Å²) in [6.45, 7) is 0. The van der Waals surface area contributed by atoms with Gasteiger partial charge in [-0.15, -0.1) is 13.2 Å². The number of rotatable bonds is 3. The van der Waals surface area contributed by atoms with Crippen LogP contribution in [0.15, 0.2) is 6.20 Å². The van der Waals surface area contributed by atoms with Crippen molar-refractivity contribution in [2.45, 2.75) is 17.9 Å². The highest BCUT2D eigenvalue weighted by atomic mass is 79.9. The van der Waals surface area contributed by atoms with E-state index >= 15 is 0 Å². The molecule has 106 valence electrons. The lowest BCUT2D eigenvalue weighted by Crippen LogP contribution is -2.21. The smallest absolute Gasteiger partial charge is 0.387 e. The summed E-state index contributed by atoms with van der Waals surface area (Å²) in [5.74, 6) is -1.43. The highest BCUT2D eigenvalue weighted by molar-refractivity contribution is 9.08. The molecular weight excluding hydrogens is 348 g/mol. The number of aldehydes is 1. The Bertz CT molecular complexity index is 485. The summed E-state index contributed by atoms with van der Waals surface area (Å²) in [7, 11) is 0. The number of halogens is 7. The van der Waals surface area contributed by atoms with Gasteiger partial charge in [0.05, 0.1) is 11.1 Å². The lowest BCUT2D eigenvalue weighted by molar-refractivity contribution is -0.276. The minimum Gasteiger partial charge on any atom is -0.387 e. The van der Waals surface area contributed by atoms with Crippen LogP contribution in [0.2, 0.25) is 0 Å². The molecule has 1 aromatic heterocycles. The summed E-state index contributed by atoms with van der Waals surface area (Å²) in [5, 5.41) is -0.331.